The third-order valence-electron chi connectivity index (χ3n) is 3.21. The van der Waals surface area contributed by atoms with Crippen LogP contribution in [0, 0.1) is 6.92 Å². The summed E-state index contributed by atoms with van der Waals surface area (Å²) in [5.74, 6) is -0.0315. The second kappa shape index (κ2) is 6.14. The minimum Gasteiger partial charge on any atom is -0.369 e. The molecule has 0 aliphatic rings. The van der Waals surface area contributed by atoms with Gasteiger partial charge in [0.25, 0.3) is 0 Å². The van der Waals surface area contributed by atoms with E-state index in [0.717, 1.165) is 35.2 Å². The van der Waals surface area contributed by atoms with E-state index in [0.29, 0.717) is 0 Å². The maximum atomic E-state index is 11.1. The fourth-order valence-electron chi connectivity index (χ4n) is 2.16. The predicted octanol–water partition coefficient (Wildman–Crippen LogP) is 1.18. The number of rotatable bonds is 5. The molecule has 1 aromatic heterocycles. The zero-order chi connectivity index (χ0) is 14.5. The van der Waals surface area contributed by atoms with Gasteiger partial charge in [0.2, 0.25) is 11.9 Å². The second-order valence-corrected chi connectivity index (χ2v) is 4.77. The number of nitrogens with two attached hydrogens (primary N) is 2. The molecule has 0 saturated carbocycles. The molecular formula is C15H18N4O. The van der Waals surface area contributed by atoms with Crippen LogP contribution in [0.2, 0.25) is 0 Å². The van der Waals surface area contributed by atoms with E-state index in [4.69, 9.17) is 11.5 Å². The first-order chi connectivity index (χ1) is 9.56. The lowest BCUT2D eigenvalue weighted by Crippen LogP contribution is -2.15. The molecule has 0 bridgehead atoms. The molecule has 2 rings (SSSR count). The summed E-state index contributed by atoms with van der Waals surface area (Å²) in [6, 6.07) is 7.82. The van der Waals surface area contributed by atoms with Gasteiger partial charge in [-0.3, -0.25) is 4.79 Å². The van der Waals surface area contributed by atoms with Crippen molar-refractivity contribution in [2.45, 2.75) is 26.2 Å². The van der Waals surface area contributed by atoms with Crippen LogP contribution in [0.3, 0.4) is 0 Å². The van der Waals surface area contributed by atoms with Crippen LogP contribution in [0.1, 0.15) is 22.4 Å². The van der Waals surface area contributed by atoms with E-state index < -0.39 is 0 Å². The number of aromatic nitrogens is 2. The summed E-state index contributed by atoms with van der Waals surface area (Å²) in [7, 11) is 0. The number of primary amides is 1. The summed E-state index contributed by atoms with van der Waals surface area (Å²) in [5.41, 5.74) is 14.9. The molecule has 0 unspecified atom stereocenters. The summed E-state index contributed by atoms with van der Waals surface area (Å²) in [6.07, 6.45) is 3.54. The van der Waals surface area contributed by atoms with Crippen LogP contribution >= 0.6 is 0 Å². The molecule has 104 valence electrons. The first-order valence-electron chi connectivity index (χ1n) is 6.49. The monoisotopic (exact) mass is 270 g/mol. The van der Waals surface area contributed by atoms with Gasteiger partial charge in [0.1, 0.15) is 0 Å². The SMILES string of the molecule is Cc1cnc(N)nc1CCc1ccccc1CC(N)=O. The van der Waals surface area contributed by atoms with Gasteiger partial charge in [-0.25, -0.2) is 9.97 Å². The van der Waals surface area contributed by atoms with Gasteiger partial charge >= 0.3 is 0 Å². The lowest BCUT2D eigenvalue weighted by molar-refractivity contribution is -0.117. The molecule has 0 aliphatic heterocycles. The standard InChI is InChI=1S/C15H18N4O/c1-10-9-18-15(17)19-13(10)7-6-11-4-2-3-5-12(11)8-14(16)20/h2-5,9H,6-8H2,1H3,(H2,16,20)(H2,17,18,19). The quantitative estimate of drug-likeness (QED) is 0.852. The highest BCUT2D eigenvalue weighted by atomic mass is 16.1. The summed E-state index contributed by atoms with van der Waals surface area (Å²) in [6.45, 7) is 1.96. The molecule has 5 heteroatoms. The topological polar surface area (TPSA) is 94.9 Å². The van der Waals surface area contributed by atoms with Gasteiger partial charge in [-0.1, -0.05) is 24.3 Å². The third-order valence-corrected chi connectivity index (χ3v) is 3.21. The van der Waals surface area contributed by atoms with Crippen LogP contribution in [-0.4, -0.2) is 15.9 Å². The number of benzene rings is 1. The van der Waals surface area contributed by atoms with E-state index in [9.17, 15) is 4.79 Å². The van der Waals surface area contributed by atoms with Crippen molar-refractivity contribution in [1.82, 2.24) is 9.97 Å². The molecule has 1 heterocycles. The minimum atomic E-state index is -0.320. The Balaban J connectivity index is 2.14. The summed E-state index contributed by atoms with van der Waals surface area (Å²) in [5, 5.41) is 0. The van der Waals surface area contributed by atoms with E-state index in [1.165, 1.54) is 0 Å². The minimum absolute atomic E-state index is 0.265. The molecule has 0 aliphatic carbocycles. The Kier molecular flexibility index (Phi) is 4.30. The van der Waals surface area contributed by atoms with Gasteiger partial charge in [0.15, 0.2) is 0 Å². The number of amides is 1. The fourth-order valence-corrected chi connectivity index (χ4v) is 2.16. The number of hydrogen-bond donors (Lipinski definition) is 2. The molecule has 0 atom stereocenters. The van der Waals surface area contributed by atoms with Crippen LogP contribution in [0.15, 0.2) is 30.5 Å². The fraction of sp³-hybridized carbons (Fsp3) is 0.267. The lowest BCUT2D eigenvalue weighted by Gasteiger charge is -2.09. The molecular weight excluding hydrogens is 252 g/mol. The van der Waals surface area contributed by atoms with Crippen LogP contribution in [0.5, 0.6) is 0 Å². The number of anilines is 1. The van der Waals surface area contributed by atoms with Crippen molar-refractivity contribution in [1.29, 1.82) is 0 Å². The Morgan fingerprint density at radius 1 is 1.20 bits per heavy atom. The van der Waals surface area contributed by atoms with Gasteiger partial charge in [0.05, 0.1) is 6.42 Å². The number of carbonyl (C=O) groups is 1. The smallest absolute Gasteiger partial charge is 0.221 e. The Hall–Kier alpha value is -2.43. The highest BCUT2D eigenvalue weighted by Gasteiger charge is 2.07. The van der Waals surface area contributed by atoms with E-state index in [2.05, 4.69) is 9.97 Å². The van der Waals surface area contributed by atoms with E-state index in [1.807, 2.05) is 31.2 Å². The summed E-state index contributed by atoms with van der Waals surface area (Å²) in [4.78, 5) is 19.3. The van der Waals surface area contributed by atoms with Crippen molar-refractivity contribution in [3.05, 3.63) is 52.8 Å². The van der Waals surface area contributed by atoms with Crippen molar-refractivity contribution in [2.75, 3.05) is 5.73 Å². The third kappa shape index (κ3) is 3.54. The van der Waals surface area contributed by atoms with Gasteiger partial charge in [-0.05, 0) is 36.5 Å². The Bertz CT molecular complexity index is 625. The van der Waals surface area contributed by atoms with Crippen molar-refractivity contribution in [3.8, 4) is 0 Å². The zero-order valence-electron chi connectivity index (χ0n) is 11.5. The van der Waals surface area contributed by atoms with Crippen LogP contribution < -0.4 is 11.5 Å². The predicted molar refractivity (Wildman–Crippen MR) is 77.9 cm³/mol. The number of nitrogens with zero attached hydrogens (tertiary/aromatic N) is 2. The first-order valence-corrected chi connectivity index (χ1v) is 6.49. The van der Waals surface area contributed by atoms with Crippen LogP contribution in [0.25, 0.3) is 0 Å². The molecule has 4 N–H and O–H groups in total. The highest BCUT2D eigenvalue weighted by molar-refractivity contribution is 5.77. The number of carbonyl (C=O) groups excluding carboxylic acids is 1. The molecule has 5 nitrogen and oxygen atoms in total. The molecule has 1 aromatic carbocycles. The lowest BCUT2D eigenvalue weighted by atomic mass is 9.98. The zero-order valence-corrected chi connectivity index (χ0v) is 11.5. The summed E-state index contributed by atoms with van der Waals surface area (Å²) >= 11 is 0. The molecule has 0 saturated heterocycles. The summed E-state index contributed by atoms with van der Waals surface area (Å²) < 4.78 is 0. The number of nitrogen functional groups attached to an aromatic ring is 1. The van der Waals surface area contributed by atoms with E-state index in [-0.39, 0.29) is 18.3 Å². The average molecular weight is 270 g/mol. The van der Waals surface area contributed by atoms with Crippen molar-refractivity contribution < 1.29 is 4.79 Å². The average Bonchev–Trinajstić information content (AvgIpc) is 2.41. The number of aryl methyl sites for hydroxylation is 3. The van der Waals surface area contributed by atoms with Crippen LogP contribution in [-0.2, 0) is 24.1 Å². The maximum absolute atomic E-state index is 11.1. The molecule has 1 amide bonds. The van der Waals surface area contributed by atoms with Gasteiger partial charge in [0, 0.05) is 11.9 Å². The molecule has 0 radical (unpaired) electrons. The molecule has 0 fully saturated rings. The molecule has 0 spiro atoms. The van der Waals surface area contributed by atoms with Gasteiger partial charge < -0.3 is 11.5 Å². The van der Waals surface area contributed by atoms with Crippen molar-refractivity contribution in [3.63, 3.8) is 0 Å². The number of hydrogen-bond acceptors (Lipinski definition) is 4. The Labute approximate surface area is 118 Å². The van der Waals surface area contributed by atoms with E-state index in [1.54, 1.807) is 6.20 Å². The second-order valence-electron chi connectivity index (χ2n) is 4.77. The Morgan fingerprint density at radius 3 is 2.60 bits per heavy atom. The normalized spacial score (nSPS) is 10.4. The Morgan fingerprint density at radius 2 is 1.90 bits per heavy atom. The van der Waals surface area contributed by atoms with E-state index >= 15 is 0 Å². The highest BCUT2D eigenvalue weighted by Crippen LogP contribution is 2.14. The van der Waals surface area contributed by atoms with Gasteiger partial charge in [-0.15, -0.1) is 0 Å². The van der Waals surface area contributed by atoms with Crippen molar-refractivity contribution in [2.24, 2.45) is 5.73 Å². The van der Waals surface area contributed by atoms with Gasteiger partial charge in [-0.2, -0.15) is 0 Å². The molecule has 20 heavy (non-hydrogen) atoms. The largest absolute Gasteiger partial charge is 0.369 e. The first kappa shape index (κ1) is 14.0. The van der Waals surface area contributed by atoms with Crippen LogP contribution in [0.4, 0.5) is 5.95 Å². The van der Waals surface area contributed by atoms with Crippen molar-refractivity contribution >= 4 is 11.9 Å². The molecule has 2 aromatic rings. The maximum Gasteiger partial charge on any atom is 0.221 e.